The number of carbonyl (C=O) groups is 3. The molecule has 12 rings (SSSR count). The van der Waals surface area contributed by atoms with E-state index in [4.69, 9.17) is 15.3 Å². The number of carboxylic acids is 3. The number of para-hydroxylation sites is 5. The molecule has 0 spiro atoms. The second-order valence-corrected chi connectivity index (χ2v) is 17.3. The van der Waals surface area contributed by atoms with E-state index >= 15 is 0 Å². The summed E-state index contributed by atoms with van der Waals surface area (Å²) in [6.07, 6.45) is 0. The Labute approximate surface area is 436 Å². The molecule has 7 aromatic carbocycles. The molecule has 5 heterocycles. The number of nitrogens with zero attached hydrogens (tertiary/aromatic N) is 5. The molecule has 0 aliphatic carbocycles. The molecular formula is C56H36IrN5O9S2. The van der Waals surface area contributed by atoms with Gasteiger partial charge in [-0.2, -0.15) is 0 Å². The molecule has 0 atom stereocenters. The van der Waals surface area contributed by atoms with Gasteiger partial charge in [-0.15, -0.1) is 22.7 Å². The minimum Gasteiger partial charge on any atom is -0.871 e. The van der Waals surface area contributed by atoms with Crippen LogP contribution in [0.4, 0.5) is 0 Å². The van der Waals surface area contributed by atoms with Gasteiger partial charge in [-0.3, -0.25) is 0 Å². The van der Waals surface area contributed by atoms with Crippen molar-refractivity contribution in [1.82, 2.24) is 24.9 Å². The second-order valence-electron chi connectivity index (χ2n) is 15.2. The summed E-state index contributed by atoms with van der Waals surface area (Å²) in [6.45, 7) is 0. The van der Waals surface area contributed by atoms with Gasteiger partial charge in [0.1, 0.15) is 27.1 Å². The van der Waals surface area contributed by atoms with E-state index in [0.29, 0.717) is 16.2 Å². The van der Waals surface area contributed by atoms with Gasteiger partial charge in [-0.25, -0.2) is 39.3 Å². The van der Waals surface area contributed by atoms with Crippen molar-refractivity contribution in [3.8, 4) is 38.4 Å². The molecule has 0 saturated carbocycles. The van der Waals surface area contributed by atoms with Crippen molar-refractivity contribution in [2.75, 3.05) is 0 Å². The number of thiazole rings is 2. The quantitative estimate of drug-likeness (QED) is 0.145. The summed E-state index contributed by atoms with van der Waals surface area (Å²) in [6, 6.07) is 60.0. The number of benzene rings is 7. The van der Waals surface area contributed by atoms with Crippen molar-refractivity contribution in [1.29, 1.82) is 0 Å². The molecule has 0 fully saturated rings. The molecule has 14 nitrogen and oxygen atoms in total. The summed E-state index contributed by atoms with van der Waals surface area (Å²) in [4.78, 5) is 52.3. The zero-order valence-corrected chi connectivity index (χ0v) is 41.8. The molecule has 0 radical (unpaired) electrons. The number of hydrogen-bond acceptors (Lipinski definition) is 13. The van der Waals surface area contributed by atoms with E-state index in [0.717, 1.165) is 21.0 Å². The Morgan fingerprint density at radius 1 is 0.342 bits per heavy atom. The fourth-order valence-corrected chi connectivity index (χ4v) is 8.81. The smallest absolute Gasteiger partial charge is 0.871 e. The second kappa shape index (κ2) is 24.2. The number of hydrogen-bond donors (Lipinski definition) is 3. The third kappa shape index (κ3) is 13.1. The third-order valence-corrected chi connectivity index (χ3v) is 12.5. The van der Waals surface area contributed by atoms with Gasteiger partial charge in [0, 0.05) is 11.1 Å². The summed E-state index contributed by atoms with van der Waals surface area (Å²) in [5.41, 5.74) is 4.83. The summed E-state index contributed by atoms with van der Waals surface area (Å²) in [7, 11) is 0. The van der Waals surface area contributed by atoms with Gasteiger partial charge in [-0.05, 0) is 58.6 Å². The van der Waals surface area contributed by atoms with Crippen molar-refractivity contribution in [3.63, 3.8) is 0 Å². The Balaban J connectivity index is 0.000000133. The molecule has 73 heavy (non-hydrogen) atoms. The summed E-state index contributed by atoms with van der Waals surface area (Å²) < 4.78 is 2.49. The first kappa shape index (κ1) is 51.8. The molecule has 0 amide bonds. The Morgan fingerprint density at radius 3 is 0.945 bits per heavy atom. The van der Waals surface area contributed by atoms with E-state index in [-0.39, 0.29) is 71.0 Å². The van der Waals surface area contributed by atoms with Gasteiger partial charge in [0.2, 0.25) is 0 Å². The molecule has 5 aromatic heterocycles. The van der Waals surface area contributed by atoms with E-state index < -0.39 is 17.9 Å². The largest absolute Gasteiger partial charge is 3.00 e. The minimum atomic E-state index is -1.13. The van der Waals surface area contributed by atoms with Crippen LogP contribution in [0, 0.1) is 0 Å². The van der Waals surface area contributed by atoms with Crippen molar-refractivity contribution in [3.05, 3.63) is 217 Å². The van der Waals surface area contributed by atoms with E-state index in [1.807, 2.05) is 48.5 Å². The fraction of sp³-hybridized carbons (Fsp3) is 0. The van der Waals surface area contributed by atoms with Crippen LogP contribution in [-0.4, -0.2) is 58.1 Å². The van der Waals surface area contributed by atoms with Crippen molar-refractivity contribution in [2.45, 2.75) is 0 Å². The normalized spacial score (nSPS) is 10.3. The number of aromatic carboxylic acids is 3. The maximum atomic E-state index is 11.3. The van der Waals surface area contributed by atoms with Gasteiger partial charge in [0.25, 0.3) is 0 Å². The van der Waals surface area contributed by atoms with Crippen LogP contribution in [0.2, 0.25) is 0 Å². The van der Waals surface area contributed by atoms with Gasteiger partial charge in [0.15, 0.2) is 0 Å². The first-order valence-electron chi connectivity index (χ1n) is 21.6. The molecule has 3 N–H and O–H groups in total. The number of pyridine rings is 3. The van der Waals surface area contributed by atoms with Crippen molar-refractivity contribution < 1.29 is 65.1 Å². The van der Waals surface area contributed by atoms with Crippen LogP contribution in [0.1, 0.15) is 31.5 Å². The van der Waals surface area contributed by atoms with E-state index in [1.54, 1.807) is 77.3 Å². The van der Waals surface area contributed by atoms with Crippen molar-refractivity contribution in [2.24, 2.45) is 0 Å². The Bertz CT molecular complexity index is 3480. The van der Waals surface area contributed by atoms with Crippen LogP contribution in [0.25, 0.3) is 74.3 Å². The summed E-state index contributed by atoms with van der Waals surface area (Å²) >= 11 is 3.48. The van der Waals surface area contributed by atoms with Crippen LogP contribution >= 0.6 is 22.7 Å². The minimum absolute atomic E-state index is 0. The third-order valence-electron chi connectivity index (χ3n) is 10.3. The number of aromatic nitrogens is 5. The summed E-state index contributed by atoms with van der Waals surface area (Å²) in [5.74, 6) is -4.16. The zero-order chi connectivity index (χ0) is 50.6. The molecule has 0 unspecified atom stereocenters. The van der Waals surface area contributed by atoms with Crippen molar-refractivity contribution >= 4 is 93.7 Å². The van der Waals surface area contributed by atoms with Crippen LogP contribution < -0.4 is 15.3 Å². The molecule has 12 aromatic rings. The van der Waals surface area contributed by atoms with Gasteiger partial charge < -0.3 is 30.6 Å². The summed E-state index contributed by atoms with van der Waals surface area (Å²) in [5, 5.41) is 64.1. The molecule has 0 bridgehead atoms. The zero-order valence-electron chi connectivity index (χ0n) is 37.7. The average Bonchev–Trinajstić information content (AvgIpc) is 4.06. The SMILES string of the molecule is O=C(O)c1ccc2cccc([O-])c2n1.O=C(O)c1ccc2cccc([O-])c2n1.O=C(O)c1ccc2cccc([O-])c2n1.[Ir+3].c1ccc(-c2nc3ccccc3s2)cc1.c1ccc(-c2nc3ccccc3s2)cc1. The van der Waals surface area contributed by atoms with Crippen LogP contribution in [-0.2, 0) is 20.1 Å². The van der Waals surface area contributed by atoms with Gasteiger partial charge >= 0.3 is 38.0 Å². The average molecular weight is 1180 g/mol. The van der Waals surface area contributed by atoms with Crippen LogP contribution in [0.5, 0.6) is 17.2 Å². The first-order valence-corrected chi connectivity index (χ1v) is 23.3. The van der Waals surface area contributed by atoms with Gasteiger partial charge in [0.05, 0.1) is 37.0 Å². The Kier molecular flexibility index (Phi) is 17.2. The van der Waals surface area contributed by atoms with E-state index in [2.05, 4.69) is 85.6 Å². The molecule has 0 aliphatic heterocycles. The molecule has 0 saturated heterocycles. The predicted octanol–water partition coefficient (Wildman–Crippen LogP) is 10.9. The number of fused-ring (bicyclic) bond motifs is 5. The molecule has 360 valence electrons. The van der Waals surface area contributed by atoms with Gasteiger partial charge in [-0.1, -0.05) is 175 Å². The topological polar surface area (TPSA) is 246 Å². The Hall–Kier alpha value is -8.99. The Morgan fingerprint density at radius 2 is 0.644 bits per heavy atom. The first-order chi connectivity index (χ1) is 34.9. The standard InChI is InChI=1S/2C13H9NS.3C10H7NO3.Ir/c2*1-2-6-10(7-3-1)13-14-11-8-4-5-9-12(11)15-13;3*12-8-3-1-2-6-4-5-7(10(13)14)11-9(6)8;/h2*1-9H;3*1-5,12H,(H,13,14);/q;;;;;+3/p-3. The fourth-order valence-electron chi connectivity index (χ4n) is 6.87. The van der Waals surface area contributed by atoms with E-state index in [9.17, 15) is 29.7 Å². The predicted molar refractivity (Wildman–Crippen MR) is 275 cm³/mol. The maximum absolute atomic E-state index is 11.3. The number of carboxylic acid groups (broad SMARTS) is 3. The monoisotopic (exact) mass is 1180 g/mol. The number of rotatable bonds is 5. The van der Waals surface area contributed by atoms with E-state index in [1.165, 1.54) is 56.9 Å². The van der Waals surface area contributed by atoms with Crippen LogP contribution in [0.3, 0.4) is 0 Å². The molecule has 0 aliphatic rings. The molecular weight excluding hydrogens is 1140 g/mol. The maximum Gasteiger partial charge on any atom is 3.00 e. The molecule has 17 heteroatoms. The van der Waals surface area contributed by atoms with Crippen LogP contribution in [0.15, 0.2) is 200 Å².